The number of carbonyl (C=O) groups is 1. The molecular weight excluding hydrogens is 456 g/mol. The Balaban J connectivity index is 1.53. The number of hydrogen-bond acceptors (Lipinski definition) is 7. The van der Waals surface area contributed by atoms with E-state index in [0.717, 1.165) is 11.1 Å². The van der Waals surface area contributed by atoms with Crippen LogP contribution in [0.25, 0.3) is 11.3 Å². The Morgan fingerprint density at radius 1 is 0.972 bits per heavy atom. The molecule has 1 amide bonds. The van der Waals surface area contributed by atoms with E-state index < -0.39 is 12.2 Å². The second kappa shape index (κ2) is 11.3. The zero-order valence-corrected chi connectivity index (χ0v) is 20.2. The molecule has 0 bridgehead atoms. The van der Waals surface area contributed by atoms with Gasteiger partial charge >= 0.3 is 6.09 Å². The molecule has 0 aliphatic rings. The van der Waals surface area contributed by atoms with Gasteiger partial charge in [0.15, 0.2) is 5.75 Å². The van der Waals surface area contributed by atoms with Crippen LogP contribution in [0.15, 0.2) is 91.1 Å². The monoisotopic (exact) mass is 484 g/mol. The molecule has 1 aromatic heterocycles. The fourth-order valence-corrected chi connectivity index (χ4v) is 3.69. The molecule has 0 fully saturated rings. The highest BCUT2D eigenvalue weighted by Gasteiger charge is 2.21. The van der Waals surface area contributed by atoms with Crippen molar-refractivity contribution in [3.8, 4) is 22.8 Å². The first kappa shape index (κ1) is 24.7. The second-order valence-electron chi connectivity index (χ2n) is 8.45. The minimum atomic E-state index is -0.992. The van der Waals surface area contributed by atoms with E-state index in [0.29, 0.717) is 23.8 Å². The van der Waals surface area contributed by atoms with Crippen molar-refractivity contribution in [1.29, 1.82) is 0 Å². The van der Waals surface area contributed by atoms with Crippen LogP contribution in [0.4, 0.5) is 10.7 Å². The van der Waals surface area contributed by atoms with Crippen LogP contribution in [0, 0.1) is 0 Å². The summed E-state index contributed by atoms with van der Waals surface area (Å²) in [5.41, 5.74) is 2.87. The first-order valence-corrected chi connectivity index (χ1v) is 11.5. The third-order valence-corrected chi connectivity index (χ3v) is 5.60. The van der Waals surface area contributed by atoms with E-state index in [1.54, 1.807) is 12.1 Å². The number of likely N-dealkylation sites (N-methyl/N-ethyl adjacent to an activating group) is 1. The lowest BCUT2D eigenvalue weighted by Crippen LogP contribution is -2.33. The van der Waals surface area contributed by atoms with Gasteiger partial charge in [-0.15, -0.1) is 0 Å². The highest BCUT2D eigenvalue weighted by atomic mass is 16.6. The Labute approximate surface area is 210 Å². The summed E-state index contributed by atoms with van der Waals surface area (Å²) in [5, 5.41) is 20.1. The van der Waals surface area contributed by atoms with Crippen molar-refractivity contribution in [2.45, 2.75) is 12.6 Å². The molecule has 4 rings (SSSR count). The molecule has 0 aliphatic heterocycles. The number of aromatic hydroxyl groups is 1. The summed E-state index contributed by atoms with van der Waals surface area (Å²) < 4.78 is 5.66. The van der Waals surface area contributed by atoms with Gasteiger partial charge < -0.3 is 24.7 Å². The molecule has 0 saturated carbocycles. The van der Waals surface area contributed by atoms with Crippen LogP contribution < -0.4 is 9.64 Å². The summed E-state index contributed by atoms with van der Waals surface area (Å²) in [5.74, 6) is 0.741. The van der Waals surface area contributed by atoms with Crippen LogP contribution >= 0.6 is 0 Å². The number of aliphatic hydroxyl groups is 1. The van der Waals surface area contributed by atoms with Gasteiger partial charge in [0.05, 0.1) is 18.8 Å². The summed E-state index contributed by atoms with van der Waals surface area (Å²) in [6.45, 7) is 0.589. The van der Waals surface area contributed by atoms with Crippen LogP contribution in [0.2, 0.25) is 0 Å². The number of amides is 1. The fourth-order valence-electron chi connectivity index (χ4n) is 3.69. The van der Waals surface area contributed by atoms with Gasteiger partial charge in [0.2, 0.25) is 5.95 Å². The predicted octanol–water partition coefficient (Wildman–Crippen LogP) is 4.65. The number of carbonyl (C=O) groups excluding carboxylic acids is 1. The van der Waals surface area contributed by atoms with E-state index in [-0.39, 0.29) is 18.0 Å². The number of benzene rings is 3. The number of phenols is 1. The molecule has 1 atom stereocenters. The van der Waals surface area contributed by atoms with Gasteiger partial charge in [-0.2, -0.15) is 0 Å². The first-order chi connectivity index (χ1) is 17.4. The molecule has 0 radical (unpaired) electrons. The van der Waals surface area contributed by atoms with E-state index in [9.17, 15) is 15.0 Å². The molecule has 1 unspecified atom stereocenters. The van der Waals surface area contributed by atoms with Gasteiger partial charge in [-0.25, -0.2) is 14.8 Å². The fraction of sp³-hybridized carbons (Fsp3) is 0.179. The number of hydrogen-bond donors (Lipinski definition) is 2. The third-order valence-electron chi connectivity index (χ3n) is 5.60. The van der Waals surface area contributed by atoms with Crippen molar-refractivity contribution in [1.82, 2.24) is 14.9 Å². The van der Waals surface area contributed by atoms with Gasteiger partial charge in [0, 0.05) is 26.2 Å². The van der Waals surface area contributed by atoms with Crippen molar-refractivity contribution in [2.75, 3.05) is 25.5 Å². The number of rotatable bonds is 8. The zero-order valence-electron chi connectivity index (χ0n) is 20.2. The van der Waals surface area contributed by atoms with Gasteiger partial charge in [0.25, 0.3) is 0 Å². The number of nitrogens with zero attached hydrogens (tertiary/aromatic N) is 4. The maximum Gasteiger partial charge on any atom is 0.415 e. The van der Waals surface area contributed by atoms with Crippen LogP contribution in [-0.4, -0.2) is 51.8 Å². The topological polar surface area (TPSA) is 99.0 Å². The molecule has 1 heterocycles. The van der Waals surface area contributed by atoms with Gasteiger partial charge in [-0.3, -0.25) is 0 Å². The van der Waals surface area contributed by atoms with Crippen LogP contribution in [0.5, 0.6) is 11.5 Å². The smallest absolute Gasteiger partial charge is 0.415 e. The lowest BCUT2D eigenvalue weighted by molar-refractivity contribution is 0.112. The Bertz CT molecular complexity index is 1300. The van der Waals surface area contributed by atoms with Crippen molar-refractivity contribution < 1.29 is 19.7 Å². The Morgan fingerprint density at radius 2 is 1.67 bits per heavy atom. The van der Waals surface area contributed by atoms with E-state index >= 15 is 0 Å². The molecule has 4 aromatic rings. The zero-order chi connectivity index (χ0) is 25.5. The predicted molar refractivity (Wildman–Crippen MR) is 138 cm³/mol. The maximum absolute atomic E-state index is 12.9. The van der Waals surface area contributed by atoms with Gasteiger partial charge in [-0.05, 0) is 23.3 Å². The molecule has 2 N–H and O–H groups in total. The lowest BCUT2D eigenvalue weighted by Gasteiger charge is -2.22. The number of aliphatic hydroxyl groups excluding tert-OH is 1. The molecule has 0 saturated heterocycles. The van der Waals surface area contributed by atoms with E-state index in [2.05, 4.69) is 4.98 Å². The number of phenolic OH excluding ortho intramolecular Hbond substituents is 1. The summed E-state index contributed by atoms with van der Waals surface area (Å²) in [7, 11) is 3.43. The van der Waals surface area contributed by atoms with Crippen LogP contribution in [0.1, 0.15) is 17.2 Å². The average Bonchev–Trinajstić information content (AvgIpc) is 2.90. The molecule has 0 spiro atoms. The minimum absolute atomic E-state index is 0.0261. The molecular formula is C28H28N4O4. The SMILES string of the molecule is CN(CC(O)c1cccc(O)c1)C(=O)Oc1cnc(N(C)Cc2ccccc2)nc1-c1ccccc1. The average molecular weight is 485 g/mol. The largest absolute Gasteiger partial charge is 0.508 e. The van der Waals surface area contributed by atoms with Crippen molar-refractivity contribution in [3.63, 3.8) is 0 Å². The highest BCUT2D eigenvalue weighted by Crippen LogP contribution is 2.30. The number of anilines is 1. The van der Waals surface area contributed by atoms with Crippen LogP contribution in [-0.2, 0) is 6.54 Å². The second-order valence-corrected chi connectivity index (χ2v) is 8.45. The molecule has 184 valence electrons. The molecule has 8 nitrogen and oxygen atoms in total. The van der Waals surface area contributed by atoms with Crippen LogP contribution in [0.3, 0.4) is 0 Å². The maximum atomic E-state index is 12.9. The summed E-state index contributed by atoms with van der Waals surface area (Å²) in [4.78, 5) is 25.2. The molecule has 3 aromatic carbocycles. The quantitative estimate of drug-likeness (QED) is 0.376. The first-order valence-electron chi connectivity index (χ1n) is 11.5. The summed E-state index contributed by atoms with van der Waals surface area (Å²) >= 11 is 0. The molecule has 0 aliphatic carbocycles. The Morgan fingerprint density at radius 3 is 2.36 bits per heavy atom. The normalized spacial score (nSPS) is 11.5. The number of aromatic nitrogens is 2. The molecule has 8 heteroatoms. The van der Waals surface area contributed by atoms with E-state index in [1.807, 2.05) is 72.6 Å². The van der Waals surface area contributed by atoms with Crippen molar-refractivity contribution >= 4 is 12.0 Å². The Hall–Kier alpha value is -4.43. The van der Waals surface area contributed by atoms with E-state index in [4.69, 9.17) is 9.72 Å². The van der Waals surface area contributed by atoms with E-state index in [1.165, 1.54) is 30.3 Å². The standard InChI is InChI=1S/C28H28N4O4/c1-31(18-20-10-5-3-6-11-20)27-29-17-25(26(30-27)21-12-7-4-8-13-21)36-28(35)32(2)19-24(34)22-14-9-15-23(33)16-22/h3-17,24,33-34H,18-19H2,1-2H3. The minimum Gasteiger partial charge on any atom is -0.508 e. The summed E-state index contributed by atoms with van der Waals surface area (Å²) in [6.07, 6.45) is -0.169. The Kier molecular flexibility index (Phi) is 7.77. The van der Waals surface area contributed by atoms with Crippen molar-refractivity contribution in [2.24, 2.45) is 0 Å². The highest BCUT2D eigenvalue weighted by molar-refractivity contribution is 5.75. The lowest BCUT2D eigenvalue weighted by atomic mass is 10.1. The summed E-state index contributed by atoms with van der Waals surface area (Å²) in [6, 6.07) is 25.7. The van der Waals surface area contributed by atoms with Gasteiger partial charge in [0.1, 0.15) is 11.4 Å². The molecule has 36 heavy (non-hydrogen) atoms. The van der Waals surface area contributed by atoms with Gasteiger partial charge in [-0.1, -0.05) is 72.8 Å². The number of ether oxygens (including phenoxy) is 1. The third kappa shape index (κ3) is 6.17. The van der Waals surface area contributed by atoms with Crippen molar-refractivity contribution in [3.05, 3.63) is 102 Å².